The Bertz CT molecular complexity index is 491. The van der Waals surface area contributed by atoms with Crippen LogP contribution in [0.5, 0.6) is 5.75 Å². The number of hydrogen-bond acceptors (Lipinski definition) is 5. The minimum absolute atomic E-state index is 0.0141. The van der Waals surface area contributed by atoms with Crippen LogP contribution in [0.25, 0.3) is 0 Å². The maximum atomic E-state index is 11.4. The summed E-state index contributed by atoms with van der Waals surface area (Å²) in [5, 5.41) is 9.11. The highest BCUT2D eigenvalue weighted by Crippen LogP contribution is 2.10. The predicted molar refractivity (Wildman–Crippen MR) is 67.1 cm³/mol. The zero-order valence-electron chi connectivity index (χ0n) is 10.7. The summed E-state index contributed by atoms with van der Waals surface area (Å²) in [6, 6.07) is 6.27. The van der Waals surface area contributed by atoms with Gasteiger partial charge >= 0.3 is 11.9 Å². The van der Waals surface area contributed by atoms with Gasteiger partial charge in [0.1, 0.15) is 5.75 Å². The first-order valence-electron chi connectivity index (χ1n) is 5.52. The van der Waals surface area contributed by atoms with Gasteiger partial charge in [-0.3, -0.25) is 9.59 Å². The van der Waals surface area contributed by atoms with Crippen molar-refractivity contribution >= 4 is 11.9 Å². The fourth-order valence-corrected chi connectivity index (χ4v) is 1.35. The molecule has 0 unspecified atom stereocenters. The molecule has 1 N–H and O–H groups in total. The van der Waals surface area contributed by atoms with Crippen molar-refractivity contribution in [2.75, 3.05) is 14.2 Å². The van der Waals surface area contributed by atoms with Crippen LogP contribution in [0.2, 0.25) is 0 Å². The molecule has 19 heavy (non-hydrogen) atoms. The topological polar surface area (TPSA) is 72.8 Å². The number of esters is 2. The van der Waals surface area contributed by atoms with Crippen molar-refractivity contribution in [1.29, 1.82) is 0 Å². The lowest BCUT2D eigenvalue weighted by Gasteiger charge is -2.08. The predicted octanol–water partition coefficient (Wildman–Crippen LogP) is 1.10. The third-order valence-electron chi connectivity index (χ3n) is 2.38. The molecule has 0 aliphatic carbocycles. The Morgan fingerprint density at radius 1 is 1.16 bits per heavy atom. The average Bonchev–Trinajstić information content (AvgIpc) is 2.44. The third kappa shape index (κ3) is 4.36. The van der Waals surface area contributed by atoms with E-state index in [1.54, 1.807) is 12.1 Å². The van der Waals surface area contributed by atoms with Gasteiger partial charge in [-0.15, -0.1) is 0 Å². The number of carbonyl (C=O) groups excluding carboxylic acids is 2. The van der Waals surface area contributed by atoms with Crippen molar-refractivity contribution < 1.29 is 24.2 Å². The van der Waals surface area contributed by atoms with Crippen molar-refractivity contribution in [3.8, 4) is 17.6 Å². The minimum Gasteiger partial charge on any atom is -0.508 e. The average molecular weight is 262 g/mol. The van der Waals surface area contributed by atoms with E-state index >= 15 is 0 Å². The van der Waals surface area contributed by atoms with E-state index in [1.165, 1.54) is 26.4 Å². The maximum Gasteiger partial charge on any atom is 0.321 e. The van der Waals surface area contributed by atoms with Crippen LogP contribution < -0.4 is 0 Å². The van der Waals surface area contributed by atoms with E-state index in [4.69, 9.17) is 5.11 Å². The van der Waals surface area contributed by atoms with Crippen LogP contribution in [0.3, 0.4) is 0 Å². The zero-order chi connectivity index (χ0) is 14.3. The van der Waals surface area contributed by atoms with E-state index in [1.807, 2.05) is 0 Å². The summed E-state index contributed by atoms with van der Waals surface area (Å²) in [6.07, 6.45) is 0.0141. The summed E-state index contributed by atoms with van der Waals surface area (Å²) in [6.45, 7) is 0. The molecule has 0 amide bonds. The second-order valence-corrected chi connectivity index (χ2v) is 3.65. The minimum atomic E-state index is -1.04. The monoisotopic (exact) mass is 262 g/mol. The zero-order valence-corrected chi connectivity index (χ0v) is 10.7. The molecule has 0 saturated heterocycles. The van der Waals surface area contributed by atoms with Crippen LogP contribution in [0.15, 0.2) is 24.3 Å². The lowest BCUT2D eigenvalue weighted by molar-refractivity contribution is -0.158. The summed E-state index contributed by atoms with van der Waals surface area (Å²) in [7, 11) is 2.40. The van der Waals surface area contributed by atoms with Crippen molar-refractivity contribution in [2.45, 2.75) is 6.42 Å². The second kappa shape index (κ2) is 7.07. The van der Waals surface area contributed by atoms with Crippen molar-refractivity contribution in [2.24, 2.45) is 5.92 Å². The molecule has 0 radical (unpaired) electrons. The highest BCUT2D eigenvalue weighted by atomic mass is 16.5. The normalized spacial score (nSPS) is 9.42. The van der Waals surface area contributed by atoms with Crippen LogP contribution in [-0.2, 0) is 19.1 Å². The second-order valence-electron chi connectivity index (χ2n) is 3.65. The standard InChI is InChI=1S/C14H14O5/c1-18-13(16)12(14(17)19-2)5-3-4-10-6-8-11(15)9-7-10/h6-9,12,15H,5H2,1-2H3. The molecule has 1 aromatic carbocycles. The molecule has 1 rings (SSSR count). The van der Waals surface area contributed by atoms with Crippen LogP contribution in [0.4, 0.5) is 0 Å². The number of ether oxygens (including phenoxy) is 2. The molecule has 5 nitrogen and oxygen atoms in total. The van der Waals surface area contributed by atoms with Crippen molar-refractivity contribution in [3.63, 3.8) is 0 Å². The van der Waals surface area contributed by atoms with E-state index in [0.29, 0.717) is 5.56 Å². The molecule has 0 saturated carbocycles. The van der Waals surface area contributed by atoms with Gasteiger partial charge in [0.05, 0.1) is 14.2 Å². The number of phenolic OH excluding ortho intramolecular Hbond substituents is 1. The first-order valence-corrected chi connectivity index (χ1v) is 5.52. The van der Waals surface area contributed by atoms with Crippen LogP contribution in [0.1, 0.15) is 12.0 Å². The number of carbonyl (C=O) groups is 2. The molecule has 0 heterocycles. The summed E-state index contributed by atoms with van der Waals surface area (Å²) in [5.41, 5.74) is 0.672. The quantitative estimate of drug-likeness (QED) is 0.501. The number of rotatable bonds is 3. The van der Waals surface area contributed by atoms with Gasteiger partial charge in [-0.25, -0.2) is 0 Å². The summed E-state index contributed by atoms with van der Waals surface area (Å²) >= 11 is 0. The number of methoxy groups -OCH3 is 2. The highest BCUT2D eigenvalue weighted by Gasteiger charge is 2.27. The number of hydrogen-bond donors (Lipinski definition) is 1. The Labute approximate surface area is 111 Å². The van der Waals surface area contributed by atoms with Gasteiger partial charge in [0.25, 0.3) is 0 Å². The van der Waals surface area contributed by atoms with E-state index < -0.39 is 17.9 Å². The van der Waals surface area contributed by atoms with Gasteiger partial charge in [0.2, 0.25) is 0 Å². The molecule has 0 aliphatic heterocycles. The van der Waals surface area contributed by atoms with E-state index in [-0.39, 0.29) is 12.2 Å². The molecular weight excluding hydrogens is 248 g/mol. The van der Waals surface area contributed by atoms with Gasteiger partial charge in [-0.2, -0.15) is 0 Å². The van der Waals surface area contributed by atoms with E-state index in [9.17, 15) is 9.59 Å². The molecule has 0 fully saturated rings. The van der Waals surface area contributed by atoms with Crippen LogP contribution in [0, 0.1) is 17.8 Å². The fourth-order valence-electron chi connectivity index (χ4n) is 1.35. The van der Waals surface area contributed by atoms with Crippen molar-refractivity contribution in [1.82, 2.24) is 0 Å². The van der Waals surface area contributed by atoms with Gasteiger partial charge in [0, 0.05) is 12.0 Å². The summed E-state index contributed by atoms with van der Waals surface area (Å²) < 4.78 is 9.03. The molecule has 0 aromatic heterocycles. The molecule has 100 valence electrons. The van der Waals surface area contributed by atoms with Crippen LogP contribution >= 0.6 is 0 Å². The maximum absolute atomic E-state index is 11.4. The first-order chi connectivity index (χ1) is 9.08. The molecular formula is C14H14O5. The SMILES string of the molecule is COC(=O)C(CC#Cc1ccc(O)cc1)C(=O)OC. The van der Waals surface area contributed by atoms with Gasteiger partial charge in [0.15, 0.2) is 5.92 Å². The Hall–Kier alpha value is -2.48. The van der Waals surface area contributed by atoms with Crippen LogP contribution in [-0.4, -0.2) is 31.3 Å². The van der Waals surface area contributed by atoms with Gasteiger partial charge in [-0.1, -0.05) is 11.8 Å². The van der Waals surface area contributed by atoms with E-state index in [0.717, 1.165) is 0 Å². The number of phenols is 1. The summed E-state index contributed by atoms with van der Waals surface area (Å²) in [5.74, 6) is 3.26. The highest BCUT2D eigenvalue weighted by molar-refractivity contribution is 5.95. The molecule has 0 spiro atoms. The first kappa shape index (κ1) is 14.6. The number of benzene rings is 1. The molecule has 0 atom stereocenters. The number of aromatic hydroxyl groups is 1. The Kier molecular flexibility index (Phi) is 5.42. The molecule has 0 bridgehead atoms. The Morgan fingerprint density at radius 2 is 1.68 bits per heavy atom. The Morgan fingerprint density at radius 3 is 2.16 bits per heavy atom. The van der Waals surface area contributed by atoms with Gasteiger partial charge < -0.3 is 14.6 Å². The molecule has 1 aromatic rings. The lowest BCUT2D eigenvalue weighted by atomic mass is 10.1. The third-order valence-corrected chi connectivity index (χ3v) is 2.38. The molecule has 5 heteroatoms. The van der Waals surface area contributed by atoms with Crippen molar-refractivity contribution in [3.05, 3.63) is 29.8 Å². The van der Waals surface area contributed by atoms with Gasteiger partial charge in [-0.05, 0) is 24.3 Å². The smallest absolute Gasteiger partial charge is 0.321 e. The largest absolute Gasteiger partial charge is 0.508 e. The van der Waals surface area contributed by atoms with E-state index in [2.05, 4.69) is 21.3 Å². The lowest BCUT2D eigenvalue weighted by Crippen LogP contribution is -2.26. The molecule has 0 aliphatic rings. The Balaban J connectivity index is 2.74. The fraction of sp³-hybridized carbons (Fsp3) is 0.286. The summed E-state index contributed by atoms with van der Waals surface area (Å²) in [4.78, 5) is 22.8.